The second kappa shape index (κ2) is 8.90. The van der Waals surface area contributed by atoms with Crippen molar-refractivity contribution >= 4 is 40.9 Å². The summed E-state index contributed by atoms with van der Waals surface area (Å²) in [6, 6.07) is 9.42. The van der Waals surface area contributed by atoms with Gasteiger partial charge in [0, 0.05) is 47.8 Å². The van der Waals surface area contributed by atoms with E-state index in [-0.39, 0.29) is 11.9 Å². The number of nitrogens with one attached hydrogen (secondary N) is 1. The van der Waals surface area contributed by atoms with E-state index in [9.17, 15) is 4.79 Å². The third kappa shape index (κ3) is 4.88. The van der Waals surface area contributed by atoms with Gasteiger partial charge in [-0.25, -0.2) is 0 Å². The van der Waals surface area contributed by atoms with Gasteiger partial charge in [-0.15, -0.1) is 11.8 Å². The molecule has 1 saturated heterocycles. The summed E-state index contributed by atoms with van der Waals surface area (Å²) in [5, 5.41) is 4.62. The van der Waals surface area contributed by atoms with Crippen molar-refractivity contribution in [3.63, 3.8) is 0 Å². The van der Waals surface area contributed by atoms with Crippen molar-refractivity contribution in [3.05, 3.63) is 63.9 Å². The zero-order valence-corrected chi connectivity index (χ0v) is 15.9. The average molecular weight is 396 g/mol. The second-order valence-corrected chi connectivity index (χ2v) is 7.65. The Balaban J connectivity index is 1.59. The number of pyridine rings is 1. The van der Waals surface area contributed by atoms with Gasteiger partial charge in [0.1, 0.15) is 0 Å². The highest BCUT2D eigenvalue weighted by atomic mass is 35.5. The smallest absolute Gasteiger partial charge is 0.233 e. The minimum atomic E-state index is 0.0367. The lowest BCUT2D eigenvalue weighted by molar-refractivity contribution is -0.131. The van der Waals surface area contributed by atoms with Crippen molar-refractivity contribution in [3.8, 4) is 0 Å². The number of hydrogen-bond acceptors (Lipinski definition) is 4. The number of hydrogen-bond donors (Lipinski definition) is 1. The number of halogens is 2. The molecule has 1 aromatic heterocycles. The van der Waals surface area contributed by atoms with E-state index in [0.717, 1.165) is 24.2 Å². The third-order valence-electron chi connectivity index (χ3n) is 4.13. The SMILES string of the molecule is O=C(CSCc1ccc(Cl)cc1Cl)N1CCNCC1c1cccnc1. The predicted molar refractivity (Wildman–Crippen MR) is 104 cm³/mol. The van der Waals surface area contributed by atoms with Crippen LogP contribution in [0.4, 0.5) is 0 Å². The highest BCUT2D eigenvalue weighted by molar-refractivity contribution is 7.99. The van der Waals surface area contributed by atoms with Crippen molar-refractivity contribution in [2.24, 2.45) is 0 Å². The second-order valence-electron chi connectivity index (χ2n) is 5.82. The van der Waals surface area contributed by atoms with Gasteiger partial charge >= 0.3 is 0 Å². The number of thioether (sulfide) groups is 1. The van der Waals surface area contributed by atoms with Gasteiger partial charge in [0.15, 0.2) is 0 Å². The van der Waals surface area contributed by atoms with E-state index >= 15 is 0 Å². The molecular weight excluding hydrogens is 377 g/mol. The molecule has 25 heavy (non-hydrogen) atoms. The first-order valence-corrected chi connectivity index (χ1v) is 9.98. The third-order valence-corrected chi connectivity index (χ3v) is 5.68. The maximum absolute atomic E-state index is 12.7. The van der Waals surface area contributed by atoms with Gasteiger partial charge in [-0.3, -0.25) is 9.78 Å². The van der Waals surface area contributed by atoms with Gasteiger partial charge < -0.3 is 10.2 Å². The lowest BCUT2D eigenvalue weighted by Gasteiger charge is -2.36. The van der Waals surface area contributed by atoms with Crippen LogP contribution in [0.2, 0.25) is 10.0 Å². The van der Waals surface area contributed by atoms with Crippen molar-refractivity contribution in [1.29, 1.82) is 0 Å². The molecule has 3 rings (SSSR count). The Hall–Kier alpha value is -1.27. The minimum absolute atomic E-state index is 0.0367. The van der Waals surface area contributed by atoms with E-state index in [1.165, 1.54) is 0 Å². The van der Waals surface area contributed by atoms with Crippen molar-refractivity contribution in [2.45, 2.75) is 11.8 Å². The molecule has 2 heterocycles. The van der Waals surface area contributed by atoms with E-state index in [0.29, 0.717) is 28.1 Å². The van der Waals surface area contributed by atoms with Gasteiger partial charge in [0.2, 0.25) is 5.91 Å². The lowest BCUT2D eigenvalue weighted by atomic mass is 10.1. The number of rotatable bonds is 5. The lowest BCUT2D eigenvalue weighted by Crippen LogP contribution is -2.49. The number of aromatic nitrogens is 1. The first kappa shape index (κ1) is 18.5. The molecule has 1 fully saturated rings. The topological polar surface area (TPSA) is 45.2 Å². The molecule has 0 bridgehead atoms. The molecule has 0 radical (unpaired) electrons. The first-order valence-electron chi connectivity index (χ1n) is 8.07. The number of nitrogens with zero attached hydrogens (tertiary/aromatic N) is 2. The number of benzene rings is 1. The molecule has 0 aliphatic carbocycles. The summed E-state index contributed by atoms with van der Waals surface area (Å²) in [7, 11) is 0. The van der Waals surface area contributed by atoms with Crippen molar-refractivity contribution < 1.29 is 4.79 Å². The summed E-state index contributed by atoms with van der Waals surface area (Å²) in [5.74, 6) is 1.26. The van der Waals surface area contributed by atoms with Crippen LogP contribution in [0.15, 0.2) is 42.7 Å². The number of piperazine rings is 1. The molecule has 7 heteroatoms. The Labute approximate surface area is 161 Å². The van der Waals surface area contributed by atoms with Gasteiger partial charge in [-0.1, -0.05) is 35.3 Å². The highest BCUT2D eigenvalue weighted by Crippen LogP contribution is 2.26. The molecule has 1 amide bonds. The Morgan fingerprint density at radius 1 is 1.36 bits per heavy atom. The Morgan fingerprint density at radius 2 is 2.24 bits per heavy atom. The van der Waals surface area contributed by atoms with E-state index in [1.54, 1.807) is 24.0 Å². The van der Waals surface area contributed by atoms with Crippen LogP contribution in [-0.2, 0) is 10.5 Å². The van der Waals surface area contributed by atoms with E-state index in [4.69, 9.17) is 23.2 Å². The van der Waals surface area contributed by atoms with Gasteiger partial charge in [-0.2, -0.15) is 0 Å². The standard InChI is InChI=1S/C18H19Cl2N3OS/c19-15-4-3-14(16(20)8-15)11-25-12-18(24)23-7-6-22-10-17(23)13-2-1-5-21-9-13/h1-5,8-9,17,22H,6-7,10-12H2. The van der Waals surface area contributed by atoms with E-state index < -0.39 is 0 Å². The van der Waals surface area contributed by atoms with Crippen molar-refractivity contribution in [2.75, 3.05) is 25.4 Å². The molecule has 1 aliphatic heterocycles. The predicted octanol–water partition coefficient (Wildman–Crippen LogP) is 3.79. The largest absolute Gasteiger partial charge is 0.332 e. The maximum atomic E-state index is 12.7. The van der Waals surface area contributed by atoms with Crippen LogP contribution in [0.3, 0.4) is 0 Å². The van der Waals surface area contributed by atoms with Crippen LogP contribution in [0.25, 0.3) is 0 Å². The Morgan fingerprint density at radius 3 is 3.00 bits per heavy atom. The van der Waals surface area contributed by atoms with Crippen LogP contribution in [0, 0.1) is 0 Å². The molecule has 0 saturated carbocycles. The fourth-order valence-electron chi connectivity index (χ4n) is 2.84. The quantitative estimate of drug-likeness (QED) is 0.835. The molecule has 1 atom stereocenters. The number of amides is 1. The fraction of sp³-hybridized carbons (Fsp3) is 0.333. The maximum Gasteiger partial charge on any atom is 0.233 e. The molecular formula is C18H19Cl2N3OS. The molecule has 4 nitrogen and oxygen atoms in total. The fourth-order valence-corrected chi connectivity index (χ4v) is 4.31. The van der Waals surface area contributed by atoms with Crippen molar-refractivity contribution in [1.82, 2.24) is 15.2 Å². The summed E-state index contributed by atoms with van der Waals surface area (Å²) in [6.45, 7) is 2.28. The Bertz CT molecular complexity index is 730. The summed E-state index contributed by atoms with van der Waals surface area (Å²) in [5.41, 5.74) is 2.06. The molecule has 132 valence electrons. The van der Waals surface area contributed by atoms with Crippen LogP contribution in [0.1, 0.15) is 17.2 Å². The van der Waals surface area contributed by atoms with Crippen LogP contribution in [-0.4, -0.2) is 41.2 Å². The van der Waals surface area contributed by atoms with E-state index in [1.807, 2.05) is 35.4 Å². The minimum Gasteiger partial charge on any atom is -0.332 e. The van der Waals surface area contributed by atoms with Gasteiger partial charge in [-0.05, 0) is 29.3 Å². The normalized spacial score (nSPS) is 17.5. The zero-order chi connectivity index (χ0) is 17.6. The van der Waals surface area contributed by atoms with E-state index in [2.05, 4.69) is 10.3 Å². The summed E-state index contributed by atoms with van der Waals surface area (Å²) in [6.07, 6.45) is 3.58. The monoisotopic (exact) mass is 395 g/mol. The molecule has 1 unspecified atom stereocenters. The Kier molecular flexibility index (Phi) is 6.59. The van der Waals surface area contributed by atoms with Crippen LogP contribution < -0.4 is 5.32 Å². The molecule has 0 spiro atoms. The highest BCUT2D eigenvalue weighted by Gasteiger charge is 2.27. The molecule has 1 aliphatic rings. The summed E-state index contributed by atoms with van der Waals surface area (Å²) in [4.78, 5) is 18.8. The zero-order valence-electron chi connectivity index (χ0n) is 13.6. The number of carbonyl (C=O) groups is 1. The first-order chi connectivity index (χ1) is 12.1. The molecule has 1 aromatic carbocycles. The van der Waals surface area contributed by atoms with Crippen LogP contribution >= 0.6 is 35.0 Å². The van der Waals surface area contributed by atoms with Gasteiger partial charge in [0.05, 0.1) is 11.8 Å². The average Bonchev–Trinajstić information content (AvgIpc) is 2.64. The summed E-state index contributed by atoms with van der Waals surface area (Å²) >= 11 is 13.7. The molecule has 2 aromatic rings. The summed E-state index contributed by atoms with van der Waals surface area (Å²) < 4.78 is 0. The molecule has 1 N–H and O–H groups in total. The van der Waals surface area contributed by atoms with Gasteiger partial charge in [0.25, 0.3) is 0 Å². The number of carbonyl (C=O) groups excluding carboxylic acids is 1. The van der Waals surface area contributed by atoms with Crippen LogP contribution in [0.5, 0.6) is 0 Å².